The van der Waals surface area contributed by atoms with Crippen LogP contribution in [0.1, 0.15) is 35.0 Å². The molecule has 4 rings (SSSR count). The minimum Gasteiger partial charge on any atom is -0.464 e. The molecular weight excluding hydrogens is 341 g/mol. The number of hydrogen-bond donors (Lipinski definition) is 0. The zero-order chi connectivity index (χ0) is 18.8. The molecule has 2 atom stereocenters. The maximum atomic E-state index is 13.2. The molecule has 4 heteroatoms. The van der Waals surface area contributed by atoms with Crippen molar-refractivity contribution in [2.75, 3.05) is 0 Å². The van der Waals surface area contributed by atoms with Crippen molar-refractivity contribution in [2.45, 2.75) is 32.4 Å². The van der Waals surface area contributed by atoms with E-state index in [1.807, 2.05) is 42.2 Å². The summed E-state index contributed by atoms with van der Waals surface area (Å²) in [5.41, 5.74) is 2.12. The molecule has 1 aliphatic rings. The largest absolute Gasteiger partial charge is 0.464 e. The summed E-state index contributed by atoms with van der Waals surface area (Å²) in [6.07, 6.45) is 0.875. The van der Waals surface area contributed by atoms with Crippen molar-refractivity contribution < 1.29 is 13.6 Å². The van der Waals surface area contributed by atoms with Gasteiger partial charge in [-0.05, 0) is 54.7 Å². The lowest BCUT2D eigenvalue weighted by molar-refractivity contribution is -0.134. The first-order valence-corrected chi connectivity index (χ1v) is 9.23. The van der Waals surface area contributed by atoms with Crippen LogP contribution in [-0.2, 0) is 17.9 Å². The Morgan fingerprint density at radius 1 is 1.04 bits per heavy atom. The van der Waals surface area contributed by atoms with Gasteiger partial charge in [0.05, 0.1) is 6.54 Å². The first kappa shape index (κ1) is 17.5. The van der Waals surface area contributed by atoms with Gasteiger partial charge in [-0.3, -0.25) is 4.79 Å². The second-order valence-corrected chi connectivity index (χ2v) is 7.19. The molecule has 0 radical (unpaired) electrons. The molecule has 1 aromatic heterocycles. The van der Waals surface area contributed by atoms with Gasteiger partial charge >= 0.3 is 0 Å². The Morgan fingerprint density at radius 3 is 2.44 bits per heavy atom. The molecule has 0 aliphatic heterocycles. The second-order valence-electron chi connectivity index (χ2n) is 7.19. The highest BCUT2D eigenvalue weighted by Crippen LogP contribution is 2.48. The Labute approximate surface area is 158 Å². The van der Waals surface area contributed by atoms with Crippen LogP contribution in [0.3, 0.4) is 0 Å². The number of amides is 1. The van der Waals surface area contributed by atoms with Crippen molar-refractivity contribution in [1.82, 2.24) is 4.90 Å². The zero-order valence-corrected chi connectivity index (χ0v) is 15.3. The summed E-state index contributed by atoms with van der Waals surface area (Å²) in [4.78, 5) is 15.0. The summed E-state index contributed by atoms with van der Waals surface area (Å²) >= 11 is 0. The van der Waals surface area contributed by atoms with E-state index in [1.54, 1.807) is 12.1 Å². The number of carbonyl (C=O) groups is 1. The summed E-state index contributed by atoms with van der Waals surface area (Å²) in [5.74, 6) is 1.73. The number of rotatable bonds is 6. The number of aryl methyl sites for hydroxylation is 1. The number of carbonyl (C=O) groups excluding carboxylic acids is 1. The first-order valence-electron chi connectivity index (χ1n) is 9.23. The fourth-order valence-corrected chi connectivity index (χ4v) is 3.55. The standard InChI is InChI=1S/C23H22FNO2/c1-16-7-12-20(27-16)15-25(14-17-8-10-19(24)11-9-17)23(26)22-13-21(22)18-5-3-2-4-6-18/h2-12,21-22H,13-15H2,1H3/t21-,22+/m0/s1. The number of hydrogen-bond acceptors (Lipinski definition) is 2. The molecule has 138 valence electrons. The number of benzene rings is 2. The normalized spacial score (nSPS) is 18.3. The third kappa shape index (κ3) is 4.11. The van der Waals surface area contributed by atoms with Crippen LogP contribution in [0.25, 0.3) is 0 Å². The third-order valence-electron chi connectivity index (χ3n) is 5.08. The number of halogens is 1. The number of nitrogens with zero attached hydrogens (tertiary/aromatic N) is 1. The predicted molar refractivity (Wildman–Crippen MR) is 101 cm³/mol. The Kier molecular flexibility index (Phi) is 4.80. The summed E-state index contributed by atoms with van der Waals surface area (Å²) < 4.78 is 18.9. The van der Waals surface area contributed by atoms with Crippen LogP contribution < -0.4 is 0 Å². The van der Waals surface area contributed by atoms with Gasteiger partial charge in [-0.25, -0.2) is 4.39 Å². The SMILES string of the molecule is Cc1ccc(CN(Cc2ccc(F)cc2)C(=O)[C@@H]2C[C@H]2c2ccccc2)o1. The van der Waals surface area contributed by atoms with E-state index in [4.69, 9.17) is 4.42 Å². The van der Waals surface area contributed by atoms with Gasteiger partial charge < -0.3 is 9.32 Å². The molecule has 1 heterocycles. The van der Waals surface area contributed by atoms with Crippen molar-refractivity contribution >= 4 is 5.91 Å². The van der Waals surface area contributed by atoms with E-state index >= 15 is 0 Å². The van der Waals surface area contributed by atoms with Crippen LogP contribution in [0.5, 0.6) is 0 Å². The average molecular weight is 363 g/mol. The molecule has 0 N–H and O–H groups in total. The molecule has 1 fully saturated rings. The van der Waals surface area contributed by atoms with Crippen LogP contribution in [0.15, 0.2) is 71.1 Å². The summed E-state index contributed by atoms with van der Waals surface area (Å²) in [6.45, 7) is 2.75. The Balaban J connectivity index is 1.51. The molecular formula is C23H22FNO2. The zero-order valence-electron chi connectivity index (χ0n) is 15.3. The maximum absolute atomic E-state index is 13.2. The van der Waals surface area contributed by atoms with Gasteiger partial charge in [-0.15, -0.1) is 0 Å². The minimum absolute atomic E-state index is 0.00362. The number of furan rings is 1. The molecule has 1 amide bonds. The lowest BCUT2D eigenvalue weighted by Crippen LogP contribution is -2.31. The molecule has 1 saturated carbocycles. The molecule has 1 aliphatic carbocycles. The van der Waals surface area contributed by atoms with E-state index in [9.17, 15) is 9.18 Å². The van der Waals surface area contributed by atoms with Gasteiger partial charge in [-0.1, -0.05) is 42.5 Å². The monoisotopic (exact) mass is 363 g/mol. The van der Waals surface area contributed by atoms with E-state index < -0.39 is 0 Å². The van der Waals surface area contributed by atoms with Crippen molar-refractivity contribution in [3.63, 3.8) is 0 Å². The van der Waals surface area contributed by atoms with Crippen LogP contribution in [-0.4, -0.2) is 10.8 Å². The van der Waals surface area contributed by atoms with Gasteiger partial charge in [0.25, 0.3) is 0 Å². The van der Waals surface area contributed by atoms with Crippen molar-refractivity contribution in [1.29, 1.82) is 0 Å². The second kappa shape index (κ2) is 7.39. The Bertz CT molecular complexity index is 917. The fraction of sp³-hybridized carbons (Fsp3) is 0.261. The first-order chi connectivity index (χ1) is 13.1. The predicted octanol–water partition coefficient (Wildman–Crippen LogP) is 5.06. The van der Waals surface area contributed by atoms with Gasteiger partial charge in [-0.2, -0.15) is 0 Å². The molecule has 3 aromatic rings. The molecule has 0 saturated heterocycles. The quantitative estimate of drug-likeness (QED) is 0.613. The van der Waals surface area contributed by atoms with E-state index in [0.29, 0.717) is 13.1 Å². The summed E-state index contributed by atoms with van der Waals surface area (Å²) in [5, 5.41) is 0. The summed E-state index contributed by atoms with van der Waals surface area (Å²) in [6, 6.07) is 20.3. The van der Waals surface area contributed by atoms with Crippen LogP contribution >= 0.6 is 0 Å². The lowest BCUT2D eigenvalue weighted by atomic mass is 10.1. The van der Waals surface area contributed by atoms with Gasteiger partial charge in [0.2, 0.25) is 5.91 Å². The highest BCUT2D eigenvalue weighted by atomic mass is 19.1. The van der Waals surface area contributed by atoms with Gasteiger partial charge in [0.1, 0.15) is 17.3 Å². The highest BCUT2D eigenvalue weighted by Gasteiger charge is 2.45. The van der Waals surface area contributed by atoms with Crippen molar-refractivity contribution in [3.8, 4) is 0 Å². The van der Waals surface area contributed by atoms with E-state index in [-0.39, 0.29) is 23.6 Å². The van der Waals surface area contributed by atoms with Crippen LogP contribution in [0.2, 0.25) is 0 Å². The fourth-order valence-electron chi connectivity index (χ4n) is 3.55. The molecule has 0 bridgehead atoms. The van der Waals surface area contributed by atoms with Crippen molar-refractivity contribution in [2.24, 2.45) is 5.92 Å². The topological polar surface area (TPSA) is 33.5 Å². The Morgan fingerprint density at radius 2 is 1.78 bits per heavy atom. The average Bonchev–Trinajstić information content (AvgIpc) is 3.38. The molecule has 2 aromatic carbocycles. The molecule has 3 nitrogen and oxygen atoms in total. The summed E-state index contributed by atoms with van der Waals surface area (Å²) in [7, 11) is 0. The van der Waals surface area contributed by atoms with Gasteiger partial charge in [0.15, 0.2) is 0 Å². The maximum Gasteiger partial charge on any atom is 0.227 e. The molecule has 27 heavy (non-hydrogen) atoms. The van der Waals surface area contributed by atoms with E-state index in [2.05, 4.69) is 12.1 Å². The Hall–Kier alpha value is -2.88. The van der Waals surface area contributed by atoms with Crippen molar-refractivity contribution in [3.05, 3.63) is 95.2 Å². The van der Waals surface area contributed by atoms with E-state index in [0.717, 1.165) is 23.5 Å². The van der Waals surface area contributed by atoms with E-state index in [1.165, 1.54) is 17.7 Å². The smallest absolute Gasteiger partial charge is 0.227 e. The molecule has 0 spiro atoms. The lowest BCUT2D eigenvalue weighted by Gasteiger charge is -2.22. The highest BCUT2D eigenvalue weighted by molar-refractivity contribution is 5.83. The minimum atomic E-state index is -0.273. The van der Waals surface area contributed by atoms with Crippen LogP contribution in [0, 0.1) is 18.7 Å². The van der Waals surface area contributed by atoms with Crippen LogP contribution in [0.4, 0.5) is 4.39 Å². The van der Waals surface area contributed by atoms with Gasteiger partial charge in [0, 0.05) is 12.5 Å². The third-order valence-corrected chi connectivity index (χ3v) is 5.08. The molecule has 0 unspecified atom stereocenters.